The zero-order chi connectivity index (χ0) is 16.2. The van der Waals surface area contributed by atoms with Gasteiger partial charge in [0, 0.05) is 19.6 Å². The van der Waals surface area contributed by atoms with Gasteiger partial charge in [0.05, 0.1) is 10.7 Å². The summed E-state index contributed by atoms with van der Waals surface area (Å²) in [5.41, 5.74) is 0.499. The molecule has 5 heteroatoms. The van der Waals surface area contributed by atoms with E-state index in [2.05, 4.69) is 5.32 Å². The molecule has 2 rings (SSSR count). The van der Waals surface area contributed by atoms with Gasteiger partial charge >= 0.3 is 6.09 Å². The van der Waals surface area contributed by atoms with Crippen molar-refractivity contribution in [2.45, 2.75) is 39.2 Å². The van der Waals surface area contributed by atoms with Gasteiger partial charge in [-0.05, 0) is 51.7 Å². The lowest BCUT2D eigenvalue weighted by Crippen LogP contribution is -2.44. The van der Waals surface area contributed by atoms with E-state index in [1.165, 1.54) is 0 Å². The topological polar surface area (TPSA) is 41.6 Å². The van der Waals surface area contributed by atoms with Gasteiger partial charge in [-0.2, -0.15) is 0 Å². The van der Waals surface area contributed by atoms with Crippen molar-refractivity contribution in [1.82, 2.24) is 4.90 Å². The van der Waals surface area contributed by atoms with Gasteiger partial charge < -0.3 is 15.0 Å². The van der Waals surface area contributed by atoms with Crippen LogP contribution in [0.15, 0.2) is 24.3 Å². The van der Waals surface area contributed by atoms with E-state index in [0.717, 1.165) is 43.2 Å². The predicted octanol–water partition coefficient (Wildman–Crippen LogP) is 4.40. The molecule has 0 bridgehead atoms. The molecule has 1 aromatic rings. The zero-order valence-corrected chi connectivity index (χ0v) is 14.3. The summed E-state index contributed by atoms with van der Waals surface area (Å²) in [6.07, 6.45) is 1.90. The van der Waals surface area contributed by atoms with Crippen LogP contribution in [0.25, 0.3) is 0 Å². The van der Waals surface area contributed by atoms with E-state index in [1.54, 1.807) is 0 Å². The maximum Gasteiger partial charge on any atom is 0.410 e. The fourth-order valence-corrected chi connectivity index (χ4v) is 2.79. The summed E-state index contributed by atoms with van der Waals surface area (Å²) in [5.74, 6) is 0.414. The van der Waals surface area contributed by atoms with Crippen LogP contribution in [0, 0.1) is 5.92 Å². The molecule has 22 heavy (non-hydrogen) atoms. The number of nitrogens with zero attached hydrogens (tertiary/aromatic N) is 1. The molecule has 1 saturated heterocycles. The molecule has 1 amide bonds. The number of rotatable bonds is 3. The third kappa shape index (κ3) is 5.09. The summed E-state index contributed by atoms with van der Waals surface area (Å²) < 4.78 is 5.45. The number of carbonyl (C=O) groups is 1. The van der Waals surface area contributed by atoms with Gasteiger partial charge in [0.2, 0.25) is 0 Å². The second-order valence-electron chi connectivity index (χ2n) is 6.80. The summed E-state index contributed by atoms with van der Waals surface area (Å²) in [5, 5.41) is 4.10. The van der Waals surface area contributed by atoms with Crippen molar-refractivity contribution >= 4 is 23.4 Å². The van der Waals surface area contributed by atoms with Gasteiger partial charge in [-0.3, -0.25) is 0 Å². The highest BCUT2D eigenvalue weighted by Crippen LogP contribution is 2.23. The van der Waals surface area contributed by atoms with Crippen molar-refractivity contribution in [1.29, 1.82) is 0 Å². The highest BCUT2D eigenvalue weighted by molar-refractivity contribution is 6.33. The maximum absolute atomic E-state index is 12.1. The molecule has 1 atom stereocenters. The molecule has 1 aromatic carbocycles. The van der Waals surface area contributed by atoms with Crippen LogP contribution in [0.3, 0.4) is 0 Å². The number of likely N-dealkylation sites (tertiary alicyclic amines) is 1. The molecular formula is C17H25ClN2O2. The fraction of sp³-hybridized carbons (Fsp3) is 0.588. The van der Waals surface area contributed by atoms with Crippen LogP contribution in [0.5, 0.6) is 0 Å². The average molecular weight is 325 g/mol. The zero-order valence-electron chi connectivity index (χ0n) is 13.6. The van der Waals surface area contributed by atoms with Crippen molar-refractivity contribution < 1.29 is 9.53 Å². The minimum Gasteiger partial charge on any atom is -0.444 e. The largest absolute Gasteiger partial charge is 0.444 e. The SMILES string of the molecule is CC(C)(C)OC(=O)N1CCCC(CNc2ccccc2Cl)C1. The third-order valence-electron chi connectivity index (χ3n) is 3.63. The van der Waals surface area contributed by atoms with Crippen molar-refractivity contribution in [3.05, 3.63) is 29.3 Å². The highest BCUT2D eigenvalue weighted by atomic mass is 35.5. The van der Waals surface area contributed by atoms with E-state index in [0.29, 0.717) is 5.92 Å². The van der Waals surface area contributed by atoms with Crippen LogP contribution in [0.1, 0.15) is 33.6 Å². The standard InChI is InChI=1S/C17H25ClN2O2/c1-17(2,3)22-16(21)20-10-6-7-13(12-20)11-19-15-9-5-4-8-14(15)18/h4-5,8-9,13,19H,6-7,10-12H2,1-3H3. The normalized spacial score (nSPS) is 18.9. The van der Waals surface area contributed by atoms with Crippen LogP contribution in [-0.4, -0.2) is 36.2 Å². The van der Waals surface area contributed by atoms with Crippen molar-refractivity contribution in [3.63, 3.8) is 0 Å². The number of halogens is 1. The Labute approximate surface area is 137 Å². The van der Waals surface area contributed by atoms with Crippen LogP contribution in [0.2, 0.25) is 5.02 Å². The Hall–Kier alpha value is -1.42. The molecule has 1 heterocycles. The number of nitrogens with one attached hydrogen (secondary N) is 1. The van der Waals surface area contributed by atoms with Gasteiger partial charge in [0.25, 0.3) is 0 Å². The first kappa shape index (κ1) is 16.9. The fourth-order valence-electron chi connectivity index (χ4n) is 2.58. The molecule has 1 unspecified atom stereocenters. The Bertz CT molecular complexity index is 514. The second kappa shape index (κ2) is 7.23. The van der Waals surface area contributed by atoms with Gasteiger partial charge in [0.15, 0.2) is 0 Å². The quantitative estimate of drug-likeness (QED) is 0.896. The van der Waals surface area contributed by atoms with Gasteiger partial charge in [-0.15, -0.1) is 0 Å². The van der Waals surface area contributed by atoms with Gasteiger partial charge in [0.1, 0.15) is 5.60 Å². The minimum atomic E-state index is -0.445. The number of hydrogen-bond donors (Lipinski definition) is 1. The van der Waals surface area contributed by atoms with Crippen molar-refractivity contribution in [3.8, 4) is 0 Å². The Morgan fingerprint density at radius 3 is 2.82 bits per heavy atom. The number of hydrogen-bond acceptors (Lipinski definition) is 3. The Morgan fingerprint density at radius 2 is 2.14 bits per heavy atom. The van der Waals surface area contributed by atoms with E-state index in [1.807, 2.05) is 49.9 Å². The van der Waals surface area contributed by atoms with Gasteiger partial charge in [-0.25, -0.2) is 4.79 Å². The monoisotopic (exact) mass is 324 g/mol. The van der Waals surface area contributed by atoms with E-state index in [-0.39, 0.29) is 6.09 Å². The maximum atomic E-state index is 12.1. The Kier molecular flexibility index (Phi) is 5.57. The molecule has 122 valence electrons. The number of piperidine rings is 1. The van der Waals surface area contributed by atoms with E-state index in [9.17, 15) is 4.79 Å². The van der Waals surface area contributed by atoms with Crippen LogP contribution in [-0.2, 0) is 4.74 Å². The summed E-state index contributed by atoms with van der Waals surface area (Å²) in [4.78, 5) is 14.0. The molecule has 0 aromatic heterocycles. The lowest BCUT2D eigenvalue weighted by atomic mass is 9.98. The molecule has 4 nitrogen and oxygen atoms in total. The smallest absolute Gasteiger partial charge is 0.410 e. The van der Waals surface area contributed by atoms with Crippen molar-refractivity contribution in [2.75, 3.05) is 25.0 Å². The number of para-hydroxylation sites is 1. The summed E-state index contributed by atoms with van der Waals surface area (Å²) in [6, 6.07) is 7.72. The lowest BCUT2D eigenvalue weighted by molar-refractivity contribution is 0.0172. The summed E-state index contributed by atoms with van der Waals surface area (Å²) in [6.45, 7) is 7.99. The highest BCUT2D eigenvalue weighted by Gasteiger charge is 2.27. The molecule has 1 aliphatic heterocycles. The molecule has 0 spiro atoms. The first-order valence-electron chi connectivity index (χ1n) is 7.81. The Morgan fingerprint density at radius 1 is 1.41 bits per heavy atom. The van der Waals surface area contributed by atoms with Crippen LogP contribution >= 0.6 is 11.6 Å². The molecule has 1 N–H and O–H groups in total. The number of anilines is 1. The van der Waals surface area contributed by atoms with E-state index in [4.69, 9.17) is 16.3 Å². The molecule has 0 saturated carbocycles. The number of ether oxygens (including phenoxy) is 1. The number of amides is 1. The Balaban J connectivity index is 1.86. The predicted molar refractivity (Wildman–Crippen MR) is 90.5 cm³/mol. The first-order valence-corrected chi connectivity index (χ1v) is 8.19. The van der Waals surface area contributed by atoms with Crippen LogP contribution in [0.4, 0.5) is 10.5 Å². The first-order chi connectivity index (χ1) is 10.3. The summed E-state index contributed by atoms with van der Waals surface area (Å²) >= 11 is 6.15. The average Bonchev–Trinajstić information content (AvgIpc) is 2.45. The number of benzene rings is 1. The summed E-state index contributed by atoms with van der Waals surface area (Å²) in [7, 11) is 0. The van der Waals surface area contributed by atoms with E-state index < -0.39 is 5.60 Å². The van der Waals surface area contributed by atoms with Crippen LogP contribution < -0.4 is 5.32 Å². The molecule has 1 fully saturated rings. The minimum absolute atomic E-state index is 0.213. The second-order valence-corrected chi connectivity index (χ2v) is 7.20. The molecule has 0 aliphatic carbocycles. The van der Waals surface area contributed by atoms with E-state index >= 15 is 0 Å². The molecular weight excluding hydrogens is 300 g/mol. The number of carbonyl (C=O) groups excluding carboxylic acids is 1. The van der Waals surface area contributed by atoms with Crippen molar-refractivity contribution in [2.24, 2.45) is 5.92 Å². The molecule has 0 radical (unpaired) electrons. The lowest BCUT2D eigenvalue weighted by Gasteiger charge is -2.34. The third-order valence-corrected chi connectivity index (χ3v) is 3.96. The molecule has 1 aliphatic rings. The van der Waals surface area contributed by atoms with Gasteiger partial charge in [-0.1, -0.05) is 23.7 Å².